The fourth-order valence-corrected chi connectivity index (χ4v) is 3.14. The summed E-state index contributed by atoms with van der Waals surface area (Å²) in [5.41, 5.74) is 1.26. The van der Waals surface area contributed by atoms with E-state index in [1.54, 1.807) is 18.6 Å². The number of benzene rings is 1. The van der Waals surface area contributed by atoms with Gasteiger partial charge in [-0.1, -0.05) is 30.3 Å². The van der Waals surface area contributed by atoms with Crippen LogP contribution in [0, 0.1) is 0 Å². The number of fused-ring (bicyclic) bond motifs is 1. The lowest BCUT2D eigenvalue weighted by molar-refractivity contribution is 0.449. The third-order valence-electron chi connectivity index (χ3n) is 4.17. The second-order valence-electron chi connectivity index (χ2n) is 5.86. The molecule has 0 spiro atoms. The number of anilines is 1. The molecule has 0 N–H and O–H groups in total. The van der Waals surface area contributed by atoms with E-state index in [0.717, 1.165) is 30.4 Å². The SMILES string of the molecule is C[C@H]1CN(c2cnccn2)Cc2nnc(Cc3ccccc3)n21. The van der Waals surface area contributed by atoms with E-state index in [4.69, 9.17) is 0 Å². The Morgan fingerprint density at radius 2 is 2.00 bits per heavy atom. The highest BCUT2D eigenvalue weighted by molar-refractivity contribution is 5.37. The van der Waals surface area contributed by atoms with E-state index < -0.39 is 0 Å². The van der Waals surface area contributed by atoms with Crippen LogP contribution >= 0.6 is 0 Å². The molecule has 3 aromatic rings. The molecule has 1 aliphatic rings. The molecule has 0 radical (unpaired) electrons. The molecule has 116 valence electrons. The topological polar surface area (TPSA) is 59.7 Å². The molecule has 2 aromatic heterocycles. The highest BCUT2D eigenvalue weighted by atomic mass is 15.4. The maximum absolute atomic E-state index is 4.42. The van der Waals surface area contributed by atoms with Crippen LogP contribution in [-0.2, 0) is 13.0 Å². The number of hydrogen-bond acceptors (Lipinski definition) is 5. The molecule has 1 aromatic carbocycles. The summed E-state index contributed by atoms with van der Waals surface area (Å²) in [4.78, 5) is 10.7. The van der Waals surface area contributed by atoms with Crippen LogP contribution in [0.25, 0.3) is 0 Å². The van der Waals surface area contributed by atoms with Gasteiger partial charge in [0.25, 0.3) is 0 Å². The first-order valence-electron chi connectivity index (χ1n) is 7.79. The zero-order valence-corrected chi connectivity index (χ0v) is 13.0. The van der Waals surface area contributed by atoms with E-state index in [2.05, 4.69) is 60.8 Å². The lowest BCUT2D eigenvalue weighted by atomic mass is 10.1. The van der Waals surface area contributed by atoms with Crippen molar-refractivity contribution in [2.45, 2.75) is 25.9 Å². The van der Waals surface area contributed by atoms with Crippen molar-refractivity contribution in [3.8, 4) is 0 Å². The first-order valence-corrected chi connectivity index (χ1v) is 7.79. The normalized spacial score (nSPS) is 17.1. The number of hydrogen-bond donors (Lipinski definition) is 0. The Labute approximate surface area is 134 Å². The number of nitrogens with zero attached hydrogens (tertiary/aromatic N) is 6. The van der Waals surface area contributed by atoms with Gasteiger partial charge in [0.05, 0.1) is 18.8 Å². The minimum atomic E-state index is 0.300. The van der Waals surface area contributed by atoms with Crippen molar-refractivity contribution in [3.05, 3.63) is 66.1 Å². The van der Waals surface area contributed by atoms with Crippen LogP contribution in [-0.4, -0.2) is 31.3 Å². The van der Waals surface area contributed by atoms with Crippen LogP contribution < -0.4 is 4.90 Å². The standard InChI is InChI=1S/C17H18N6/c1-13-11-22(16-10-18-7-8-19-16)12-17-21-20-15(23(13)17)9-14-5-3-2-4-6-14/h2-8,10,13H,9,11-12H2,1H3/t13-/m0/s1. The summed E-state index contributed by atoms with van der Waals surface area (Å²) in [6.07, 6.45) is 6.02. The highest BCUT2D eigenvalue weighted by Gasteiger charge is 2.27. The van der Waals surface area contributed by atoms with Crippen molar-refractivity contribution in [2.75, 3.05) is 11.4 Å². The van der Waals surface area contributed by atoms with Crippen molar-refractivity contribution in [1.29, 1.82) is 0 Å². The molecule has 0 amide bonds. The van der Waals surface area contributed by atoms with Gasteiger partial charge in [-0.3, -0.25) is 4.98 Å². The minimum absolute atomic E-state index is 0.300. The fourth-order valence-electron chi connectivity index (χ4n) is 3.14. The van der Waals surface area contributed by atoms with Crippen molar-refractivity contribution < 1.29 is 0 Å². The van der Waals surface area contributed by atoms with Gasteiger partial charge in [0.1, 0.15) is 11.6 Å². The summed E-state index contributed by atoms with van der Waals surface area (Å²) >= 11 is 0. The maximum atomic E-state index is 4.42. The van der Waals surface area contributed by atoms with Gasteiger partial charge < -0.3 is 9.47 Å². The monoisotopic (exact) mass is 306 g/mol. The van der Waals surface area contributed by atoms with Crippen LogP contribution in [0.1, 0.15) is 30.2 Å². The van der Waals surface area contributed by atoms with Gasteiger partial charge in [-0.15, -0.1) is 10.2 Å². The van der Waals surface area contributed by atoms with Gasteiger partial charge in [0.15, 0.2) is 5.82 Å². The summed E-state index contributed by atoms with van der Waals surface area (Å²) in [6.45, 7) is 3.79. The smallest absolute Gasteiger partial charge is 0.152 e. The van der Waals surface area contributed by atoms with Crippen molar-refractivity contribution in [3.63, 3.8) is 0 Å². The predicted molar refractivity (Wildman–Crippen MR) is 87.1 cm³/mol. The second kappa shape index (κ2) is 5.79. The molecule has 6 nitrogen and oxygen atoms in total. The molecule has 0 aliphatic carbocycles. The van der Waals surface area contributed by atoms with Crippen LogP contribution in [0.2, 0.25) is 0 Å². The molecule has 0 saturated heterocycles. The second-order valence-corrected chi connectivity index (χ2v) is 5.86. The predicted octanol–water partition coefficient (Wildman–Crippen LogP) is 2.24. The minimum Gasteiger partial charge on any atom is -0.346 e. The van der Waals surface area contributed by atoms with Crippen LogP contribution in [0.3, 0.4) is 0 Å². The van der Waals surface area contributed by atoms with Gasteiger partial charge in [0.2, 0.25) is 0 Å². The molecular weight excluding hydrogens is 288 g/mol. The molecule has 23 heavy (non-hydrogen) atoms. The molecular formula is C17H18N6. The molecule has 1 aliphatic heterocycles. The van der Waals surface area contributed by atoms with E-state index in [0.29, 0.717) is 12.6 Å². The van der Waals surface area contributed by atoms with E-state index in [9.17, 15) is 0 Å². The Bertz CT molecular complexity index is 783. The molecule has 0 unspecified atom stereocenters. The molecule has 4 rings (SSSR count). The Morgan fingerprint density at radius 3 is 2.78 bits per heavy atom. The first kappa shape index (κ1) is 13.9. The highest BCUT2D eigenvalue weighted by Crippen LogP contribution is 2.25. The van der Waals surface area contributed by atoms with E-state index >= 15 is 0 Å². The quantitative estimate of drug-likeness (QED) is 0.742. The molecule has 3 heterocycles. The van der Waals surface area contributed by atoms with Gasteiger partial charge in [0, 0.05) is 25.4 Å². The summed E-state index contributed by atoms with van der Waals surface area (Å²) in [5, 5.41) is 8.82. The van der Waals surface area contributed by atoms with E-state index in [1.807, 2.05) is 6.07 Å². The average molecular weight is 306 g/mol. The zero-order valence-electron chi connectivity index (χ0n) is 13.0. The molecule has 1 atom stereocenters. The first-order chi connectivity index (χ1) is 11.3. The number of aromatic nitrogens is 5. The Morgan fingerprint density at radius 1 is 1.13 bits per heavy atom. The van der Waals surface area contributed by atoms with Crippen LogP contribution in [0.5, 0.6) is 0 Å². The maximum Gasteiger partial charge on any atom is 0.152 e. The van der Waals surface area contributed by atoms with E-state index in [1.165, 1.54) is 5.56 Å². The summed E-state index contributed by atoms with van der Waals surface area (Å²) in [6, 6.07) is 10.7. The third kappa shape index (κ3) is 2.67. The van der Waals surface area contributed by atoms with Crippen LogP contribution in [0.4, 0.5) is 5.82 Å². The molecule has 0 saturated carbocycles. The van der Waals surface area contributed by atoms with Crippen LogP contribution in [0.15, 0.2) is 48.9 Å². The molecule has 0 fully saturated rings. The van der Waals surface area contributed by atoms with Crippen molar-refractivity contribution in [1.82, 2.24) is 24.7 Å². The summed E-state index contributed by atoms with van der Waals surface area (Å²) < 4.78 is 2.26. The van der Waals surface area contributed by atoms with Gasteiger partial charge in [-0.2, -0.15) is 0 Å². The zero-order chi connectivity index (χ0) is 15.6. The molecule has 6 heteroatoms. The fraction of sp³-hybridized carbons (Fsp3) is 0.294. The van der Waals surface area contributed by atoms with Gasteiger partial charge in [-0.25, -0.2) is 4.98 Å². The molecule has 0 bridgehead atoms. The lowest BCUT2D eigenvalue weighted by Gasteiger charge is -2.33. The van der Waals surface area contributed by atoms with Crippen molar-refractivity contribution in [2.24, 2.45) is 0 Å². The van der Waals surface area contributed by atoms with Crippen molar-refractivity contribution >= 4 is 5.82 Å². The third-order valence-corrected chi connectivity index (χ3v) is 4.17. The van der Waals surface area contributed by atoms with E-state index in [-0.39, 0.29) is 0 Å². The summed E-state index contributed by atoms with van der Waals surface area (Å²) in [7, 11) is 0. The Hall–Kier alpha value is -2.76. The Balaban J connectivity index is 1.61. The lowest BCUT2D eigenvalue weighted by Crippen LogP contribution is -2.37. The summed E-state index contributed by atoms with van der Waals surface area (Å²) in [5.74, 6) is 2.90. The van der Waals surface area contributed by atoms with Gasteiger partial charge in [-0.05, 0) is 12.5 Å². The Kier molecular flexibility index (Phi) is 3.49. The largest absolute Gasteiger partial charge is 0.346 e. The van der Waals surface area contributed by atoms with Gasteiger partial charge >= 0.3 is 0 Å². The average Bonchev–Trinajstić information content (AvgIpc) is 3.00. The number of rotatable bonds is 3.